The van der Waals surface area contributed by atoms with Gasteiger partial charge in [0.25, 0.3) is 6.33 Å². The average Bonchev–Trinajstić information content (AvgIpc) is 0.900. The van der Waals surface area contributed by atoms with Gasteiger partial charge in [0, 0.05) is 49.2 Å². The molecule has 0 fully saturated rings. The molecule has 96 heavy (non-hydrogen) atoms. The van der Waals surface area contributed by atoms with Crippen LogP contribution >= 0.6 is 0 Å². The summed E-state index contributed by atoms with van der Waals surface area (Å²) in [4.78, 5) is 4.72. The molecule has 3 aromatic heterocycles. The van der Waals surface area contributed by atoms with Crippen molar-refractivity contribution in [2.75, 3.05) is 0 Å². The first kappa shape index (κ1) is 31.2. The molecule has 0 aliphatic heterocycles. The van der Waals surface area contributed by atoms with Crippen molar-refractivity contribution in [2.45, 2.75) is 33.0 Å². The molecule has 3 heterocycles. The fraction of sp³-hybridized carbons (Fsp3) is 0.0562. The van der Waals surface area contributed by atoms with Crippen LogP contribution in [0.5, 0.6) is 11.5 Å². The van der Waals surface area contributed by atoms with Gasteiger partial charge in [0.05, 0.1) is 59.0 Å². The van der Waals surface area contributed by atoms with Gasteiger partial charge in [-0.15, -0.1) is 0 Å². The van der Waals surface area contributed by atoms with Crippen LogP contribution in [0.25, 0.3) is 72.3 Å². The molecule has 0 amide bonds. The van der Waals surface area contributed by atoms with Crippen LogP contribution in [-0.2, 0) is 5.41 Å². The molecule has 0 radical (unpaired) electrons. The third-order valence-corrected chi connectivity index (χ3v) is 25.4. The first-order valence-electron chi connectivity index (χ1n) is 49.0. The SMILES string of the molecule is [2H]c1c([2H])c([2H])c(-c2cnc(-n3c4ccccc4c4ccc(Oc5cccc(-n6c[n+](-c7c([Si](c8c([2H])c([2H])c([2H])c([2H])c8[2H])(c8c([2H])c([2H])c([2H])c([2H])c8[2H])c8c([2H])c([2H])c([2H])c([2H])c8[2H])cccc7[Si](c7c([2H])c([2H])c([2H])c([2H])c7[2H])(c7c([2H])c([2H])c([2H])c([2H])c7[2H])c7c([2H])c([2H])c([2H])c([2H])c7[2H])c7ccc(-c8ccc(C(C)(C)C)cc8)cc76)c5)cc43)cc2C([2H])([2H])[2H])c([2H])c1[2H]. The minimum atomic E-state index is -6.81. The maximum Gasteiger partial charge on any atom is 0.255 e. The molecule has 0 saturated heterocycles. The maximum atomic E-state index is 10.4. The lowest BCUT2D eigenvalue weighted by atomic mass is 9.86. The van der Waals surface area contributed by atoms with Crippen LogP contribution in [0.15, 0.2) is 357 Å². The monoisotopic (exact) mass is 1310 g/mol. The molecule has 460 valence electrons. The van der Waals surface area contributed by atoms with Crippen molar-refractivity contribution < 1.29 is 61.4 Å². The number of hydrogen-bond donors (Lipinski definition) is 0. The number of imidazole rings is 1. The third kappa shape index (κ3) is 10.3. The fourth-order valence-corrected chi connectivity index (χ4v) is 20.9. The average molecular weight is 1310 g/mol. The highest BCUT2D eigenvalue weighted by Crippen LogP contribution is 2.37. The van der Waals surface area contributed by atoms with E-state index in [2.05, 4.69) is 0 Å². The van der Waals surface area contributed by atoms with E-state index in [9.17, 15) is 41.1 Å². The lowest BCUT2D eigenvalue weighted by molar-refractivity contribution is -0.565. The number of rotatable bonds is 15. The minimum Gasteiger partial charge on any atom is -0.457 e. The summed E-state index contributed by atoms with van der Waals surface area (Å²) >= 11 is 0. The van der Waals surface area contributed by atoms with Crippen LogP contribution in [0.2, 0.25) is 0 Å². The summed E-state index contributed by atoms with van der Waals surface area (Å²) in [6.45, 7) is 2.99. The number of ether oxygens (including phenoxy) is 1. The van der Waals surface area contributed by atoms with E-state index in [0.29, 0.717) is 32.9 Å². The van der Waals surface area contributed by atoms with E-state index in [4.69, 9.17) is 20.7 Å². The summed E-state index contributed by atoms with van der Waals surface area (Å²) < 4.78 is 377. The van der Waals surface area contributed by atoms with E-state index in [1.807, 2.05) is 45.0 Å². The summed E-state index contributed by atoms with van der Waals surface area (Å²) in [6.07, 6.45) is 2.40. The topological polar surface area (TPSA) is 35.9 Å². The Balaban J connectivity index is 1.12. The van der Waals surface area contributed by atoms with E-state index in [1.165, 1.54) is 33.7 Å². The van der Waals surface area contributed by atoms with Crippen molar-refractivity contribution >= 4 is 90.5 Å². The zero-order chi connectivity index (χ0) is 97.8. The highest BCUT2D eigenvalue weighted by Gasteiger charge is 2.50. The zero-order valence-electron chi connectivity index (χ0n) is 89.1. The number of benzene rings is 13. The van der Waals surface area contributed by atoms with Gasteiger partial charge in [-0.3, -0.25) is 4.57 Å². The Labute approximate surface area is 617 Å². The molecule has 7 heteroatoms. The van der Waals surface area contributed by atoms with Gasteiger partial charge in [0.2, 0.25) is 0 Å². The molecule has 13 aromatic carbocycles. The second-order valence-electron chi connectivity index (χ2n) is 23.3. The lowest BCUT2D eigenvalue weighted by Crippen LogP contribution is -2.80. The normalized spacial score (nSPS) is 17.7. The predicted octanol–water partition coefficient (Wildman–Crippen LogP) is 15.9. The van der Waals surface area contributed by atoms with Gasteiger partial charge in [-0.1, -0.05) is 299 Å². The third-order valence-electron chi connectivity index (χ3n) is 17.0. The van der Waals surface area contributed by atoms with Crippen LogP contribution in [-0.4, -0.2) is 30.3 Å². The standard InChI is InChI=1S/C89H71N4OSi2/c1-64-58-87(90-62-80(64)66-30-12-5-13-31-66)93-81-47-27-26-46-78(81)79-56-55-71(61-83(79)93)94-70-33-28-32-69(60-70)91-63-92(82-57-52-67(59-84(82)91)65-50-53-68(54-51-65)89(2,3)4)88-85(95(72-34-14-6-15-35-72,73-36-16-7-17-37-73)74-38-18-8-19-39-74)48-29-49-86(88)96(75-40-20-9-21-41-75,76-42-22-10-23-43-76)77-44-24-11-25-45-77/h5-63H,1-4H3/q+1/i1D3,5D,6D,7D,8D,9D,10D,11D,12D,13D,14D,15D,16D,17D,18D,19D,20D,21D,22D,23D,24D,25D,30D,31D,34D,35D,36D,37D,38D,39D,40D,41D,42D,43D,44D,45D. The van der Waals surface area contributed by atoms with Gasteiger partial charge in [-0.2, -0.15) is 9.13 Å². The van der Waals surface area contributed by atoms with Gasteiger partial charge in [0.1, 0.15) is 28.7 Å². The molecular weight excluding hydrogens is 1200 g/mol. The Hall–Kier alpha value is -11.5. The van der Waals surface area contributed by atoms with Crippen LogP contribution in [0, 0.1) is 6.85 Å². The largest absolute Gasteiger partial charge is 0.457 e. The summed E-state index contributed by atoms with van der Waals surface area (Å²) in [5.41, 5.74) is 0.349. The minimum absolute atomic E-state index is 0.00400. The van der Waals surface area contributed by atoms with Crippen LogP contribution in [0.3, 0.4) is 0 Å². The molecule has 16 aromatic rings. The Kier molecular flexibility index (Phi) is 8.04. The number of aryl methyl sites for hydroxylation is 1. The van der Waals surface area contributed by atoms with Gasteiger partial charge < -0.3 is 4.74 Å². The Morgan fingerprint density at radius 3 is 1.45 bits per heavy atom. The lowest BCUT2D eigenvalue weighted by Gasteiger charge is -2.39. The summed E-state index contributed by atoms with van der Waals surface area (Å²) in [5, 5.41) is -7.23. The predicted molar refractivity (Wildman–Crippen MR) is 405 cm³/mol. The summed E-state index contributed by atoms with van der Waals surface area (Å²) in [7, 11) is -13.6. The Bertz CT molecular complexity index is 7070. The quantitative estimate of drug-likeness (QED) is 0.0583. The first-order chi connectivity index (χ1) is 62.9. The smallest absolute Gasteiger partial charge is 0.255 e. The van der Waals surface area contributed by atoms with Crippen molar-refractivity contribution in [1.82, 2.24) is 14.1 Å². The van der Waals surface area contributed by atoms with Crippen LogP contribution in [0.1, 0.15) is 84.0 Å². The molecule has 0 spiro atoms. The second-order valence-corrected chi connectivity index (χ2v) is 30.4. The van der Waals surface area contributed by atoms with Crippen LogP contribution < -0.4 is 50.8 Å². The van der Waals surface area contributed by atoms with E-state index < -0.39 is 298 Å². The maximum absolute atomic E-state index is 10.4. The van der Waals surface area contributed by atoms with Crippen molar-refractivity contribution in [3.05, 3.63) is 369 Å². The highest BCUT2D eigenvalue weighted by molar-refractivity contribution is 7.22. The summed E-state index contributed by atoms with van der Waals surface area (Å²) in [6, 6.07) is -6.18. The Morgan fingerprint density at radius 2 is 0.917 bits per heavy atom. The molecule has 0 atom stereocenters. The molecule has 5 nitrogen and oxygen atoms in total. The van der Waals surface area contributed by atoms with Gasteiger partial charge in [-0.25, -0.2) is 4.98 Å². The first-order valence-corrected chi connectivity index (χ1v) is 34.0. The van der Waals surface area contributed by atoms with E-state index in [-0.39, 0.29) is 39.6 Å². The van der Waals surface area contributed by atoms with E-state index >= 15 is 0 Å². The van der Waals surface area contributed by atoms with E-state index in [1.54, 1.807) is 77.4 Å². The van der Waals surface area contributed by atoms with Crippen molar-refractivity contribution in [3.8, 4) is 50.9 Å². The number of pyridine rings is 1. The Morgan fingerprint density at radius 1 is 0.427 bits per heavy atom. The van der Waals surface area contributed by atoms with E-state index in [0.717, 1.165) is 30.0 Å². The van der Waals surface area contributed by atoms with Crippen molar-refractivity contribution in [1.29, 1.82) is 0 Å². The highest BCUT2D eigenvalue weighted by atomic mass is 28.3. The van der Waals surface area contributed by atoms with Gasteiger partial charge in [-0.05, 0) is 126 Å². The number of para-hydroxylation sites is 2. The van der Waals surface area contributed by atoms with Crippen molar-refractivity contribution in [3.63, 3.8) is 0 Å². The van der Waals surface area contributed by atoms with Gasteiger partial charge >= 0.3 is 0 Å². The molecule has 0 unspecified atom stereocenters. The van der Waals surface area contributed by atoms with Crippen molar-refractivity contribution in [2.24, 2.45) is 0 Å². The molecule has 0 bridgehead atoms. The van der Waals surface area contributed by atoms with Gasteiger partial charge in [0.15, 0.2) is 27.2 Å². The number of hydrogen-bond acceptors (Lipinski definition) is 2. The molecule has 0 saturated carbocycles. The summed E-state index contributed by atoms with van der Waals surface area (Å²) in [5.74, 6) is 0.119. The van der Waals surface area contributed by atoms with Crippen LogP contribution in [0.4, 0.5) is 0 Å². The number of aromatic nitrogens is 4. The molecule has 0 aliphatic rings. The second kappa shape index (κ2) is 24.8. The zero-order valence-corrected chi connectivity index (χ0v) is 53.1. The number of nitrogens with zero attached hydrogens (tertiary/aromatic N) is 4. The molecule has 0 N–H and O–H groups in total. The molecular formula is C89H71N4OSi2+. The number of fused-ring (bicyclic) bond motifs is 4. The molecule has 16 rings (SSSR count). The fourth-order valence-electron chi connectivity index (χ4n) is 12.7. The molecule has 0 aliphatic carbocycles.